The Morgan fingerprint density at radius 2 is 1.70 bits per heavy atom. The number of hydrogen-bond donors (Lipinski definition) is 2. The Kier molecular flexibility index (Phi) is 4.72. The Morgan fingerprint density at radius 3 is 2.30 bits per heavy atom. The highest BCUT2D eigenvalue weighted by Crippen LogP contribution is 2.27. The predicted molar refractivity (Wildman–Crippen MR) is 88.1 cm³/mol. The number of hydrogen-bond acceptors (Lipinski definition) is 2. The molecule has 3 atom stereocenters. The highest BCUT2D eigenvalue weighted by molar-refractivity contribution is 5.80. The van der Waals surface area contributed by atoms with E-state index < -0.39 is 0 Å². The summed E-state index contributed by atoms with van der Waals surface area (Å²) in [6, 6.07) is 15.8. The smallest absolute Gasteiger partial charge is 0.223 e. The van der Waals surface area contributed by atoms with Crippen LogP contribution in [0.2, 0.25) is 0 Å². The zero-order valence-electron chi connectivity index (χ0n) is 12.9. The summed E-state index contributed by atoms with van der Waals surface area (Å²) < 4.78 is 13.2. The molecule has 2 aromatic rings. The molecular formula is C19H21FN2O. The second-order valence-electron chi connectivity index (χ2n) is 6.17. The molecule has 0 aliphatic heterocycles. The fourth-order valence-corrected chi connectivity index (χ4v) is 3.17. The summed E-state index contributed by atoms with van der Waals surface area (Å²) in [7, 11) is 0. The summed E-state index contributed by atoms with van der Waals surface area (Å²) in [4.78, 5) is 12.6. The van der Waals surface area contributed by atoms with E-state index in [-0.39, 0.29) is 29.7 Å². The van der Waals surface area contributed by atoms with E-state index in [0.29, 0.717) is 0 Å². The first-order valence-corrected chi connectivity index (χ1v) is 8.00. The molecule has 1 fully saturated rings. The van der Waals surface area contributed by atoms with E-state index in [2.05, 4.69) is 5.32 Å². The minimum Gasteiger partial charge on any atom is -0.345 e. The highest BCUT2D eigenvalue weighted by Gasteiger charge is 2.29. The quantitative estimate of drug-likeness (QED) is 0.911. The number of carbonyl (C=O) groups is 1. The molecule has 3 nitrogen and oxygen atoms in total. The largest absolute Gasteiger partial charge is 0.345 e. The molecule has 4 heteroatoms. The molecule has 1 aliphatic rings. The van der Waals surface area contributed by atoms with Gasteiger partial charge in [-0.3, -0.25) is 4.79 Å². The average molecular weight is 312 g/mol. The van der Waals surface area contributed by atoms with Gasteiger partial charge in [-0.25, -0.2) is 4.39 Å². The molecule has 120 valence electrons. The summed E-state index contributed by atoms with van der Waals surface area (Å²) >= 11 is 0. The second kappa shape index (κ2) is 6.92. The minimum absolute atomic E-state index is 0.0242. The van der Waals surface area contributed by atoms with Crippen LogP contribution in [0.25, 0.3) is 0 Å². The number of rotatable bonds is 4. The van der Waals surface area contributed by atoms with Gasteiger partial charge in [0, 0.05) is 12.0 Å². The normalized spacial score (nSPS) is 21.8. The maximum atomic E-state index is 13.2. The van der Waals surface area contributed by atoms with Crippen molar-refractivity contribution in [3.8, 4) is 0 Å². The molecule has 1 saturated carbocycles. The molecule has 0 saturated heterocycles. The van der Waals surface area contributed by atoms with Gasteiger partial charge < -0.3 is 11.1 Å². The molecule has 3 rings (SSSR count). The molecule has 0 radical (unpaired) electrons. The first-order chi connectivity index (χ1) is 11.1. The number of benzene rings is 2. The van der Waals surface area contributed by atoms with Gasteiger partial charge in [0.1, 0.15) is 5.82 Å². The van der Waals surface area contributed by atoms with Crippen molar-refractivity contribution in [3.63, 3.8) is 0 Å². The van der Waals surface area contributed by atoms with Crippen LogP contribution in [0, 0.1) is 11.7 Å². The summed E-state index contributed by atoms with van der Waals surface area (Å²) in [5.41, 5.74) is 7.76. The van der Waals surface area contributed by atoms with Crippen molar-refractivity contribution in [2.75, 3.05) is 0 Å². The molecule has 1 amide bonds. The molecule has 3 unspecified atom stereocenters. The number of amides is 1. The Labute approximate surface area is 135 Å². The van der Waals surface area contributed by atoms with Gasteiger partial charge in [-0.05, 0) is 42.5 Å². The van der Waals surface area contributed by atoms with Gasteiger partial charge in [0.25, 0.3) is 0 Å². The lowest BCUT2D eigenvalue weighted by Crippen LogP contribution is -2.34. The van der Waals surface area contributed by atoms with E-state index in [4.69, 9.17) is 5.73 Å². The Balaban J connectivity index is 1.83. The number of halogens is 1. The van der Waals surface area contributed by atoms with Gasteiger partial charge in [0.15, 0.2) is 0 Å². The van der Waals surface area contributed by atoms with Crippen molar-refractivity contribution in [2.45, 2.75) is 31.3 Å². The first kappa shape index (κ1) is 15.7. The zero-order valence-corrected chi connectivity index (χ0v) is 12.9. The van der Waals surface area contributed by atoms with Crippen LogP contribution >= 0.6 is 0 Å². The lowest BCUT2D eigenvalue weighted by atomic mass is 9.97. The molecule has 1 aliphatic carbocycles. The number of nitrogens with two attached hydrogens (primary N) is 1. The fourth-order valence-electron chi connectivity index (χ4n) is 3.17. The standard InChI is InChI=1S/C19H21FN2O/c20-16-9-6-14(7-10-16)18(13-4-2-1-3-5-13)22-19(23)15-8-11-17(21)12-15/h1-7,9-10,15,17-18H,8,11-12,21H2,(H,22,23). The Hall–Kier alpha value is -2.20. The predicted octanol–water partition coefficient (Wildman–Crippen LogP) is 3.16. The lowest BCUT2D eigenvalue weighted by Gasteiger charge is -2.22. The van der Waals surface area contributed by atoms with Crippen LogP contribution in [-0.4, -0.2) is 11.9 Å². The van der Waals surface area contributed by atoms with Crippen molar-refractivity contribution in [3.05, 3.63) is 71.5 Å². The topological polar surface area (TPSA) is 55.1 Å². The van der Waals surface area contributed by atoms with Gasteiger partial charge in [-0.1, -0.05) is 42.5 Å². The van der Waals surface area contributed by atoms with E-state index in [0.717, 1.165) is 30.4 Å². The van der Waals surface area contributed by atoms with E-state index in [1.54, 1.807) is 12.1 Å². The van der Waals surface area contributed by atoms with Gasteiger partial charge >= 0.3 is 0 Å². The van der Waals surface area contributed by atoms with Crippen LogP contribution in [0.5, 0.6) is 0 Å². The fraction of sp³-hybridized carbons (Fsp3) is 0.316. The third kappa shape index (κ3) is 3.77. The van der Waals surface area contributed by atoms with Crippen LogP contribution in [0.4, 0.5) is 4.39 Å². The van der Waals surface area contributed by atoms with Gasteiger partial charge in [-0.2, -0.15) is 0 Å². The molecule has 23 heavy (non-hydrogen) atoms. The SMILES string of the molecule is NC1CCC(C(=O)NC(c2ccccc2)c2ccc(F)cc2)C1. The average Bonchev–Trinajstić information content (AvgIpc) is 3.01. The molecule has 0 bridgehead atoms. The summed E-state index contributed by atoms with van der Waals surface area (Å²) in [6.45, 7) is 0. The van der Waals surface area contributed by atoms with Gasteiger partial charge in [-0.15, -0.1) is 0 Å². The van der Waals surface area contributed by atoms with Crippen LogP contribution < -0.4 is 11.1 Å². The third-order valence-corrected chi connectivity index (χ3v) is 4.47. The van der Waals surface area contributed by atoms with E-state index in [1.165, 1.54) is 12.1 Å². The van der Waals surface area contributed by atoms with E-state index in [9.17, 15) is 9.18 Å². The van der Waals surface area contributed by atoms with Crippen molar-refractivity contribution < 1.29 is 9.18 Å². The molecule has 0 heterocycles. The van der Waals surface area contributed by atoms with Crippen LogP contribution in [0.3, 0.4) is 0 Å². The number of nitrogens with one attached hydrogen (secondary N) is 1. The highest BCUT2D eigenvalue weighted by atomic mass is 19.1. The van der Waals surface area contributed by atoms with Gasteiger partial charge in [0.05, 0.1) is 6.04 Å². The van der Waals surface area contributed by atoms with Crippen LogP contribution in [-0.2, 0) is 4.79 Å². The monoisotopic (exact) mass is 312 g/mol. The van der Waals surface area contributed by atoms with Crippen molar-refractivity contribution in [1.29, 1.82) is 0 Å². The maximum absolute atomic E-state index is 13.2. The third-order valence-electron chi connectivity index (χ3n) is 4.47. The van der Waals surface area contributed by atoms with Crippen molar-refractivity contribution >= 4 is 5.91 Å². The minimum atomic E-state index is -0.284. The van der Waals surface area contributed by atoms with E-state index >= 15 is 0 Å². The summed E-state index contributed by atoms with van der Waals surface area (Å²) in [5.74, 6) is -0.290. The lowest BCUT2D eigenvalue weighted by molar-refractivity contribution is -0.125. The molecule has 0 spiro atoms. The van der Waals surface area contributed by atoms with Gasteiger partial charge in [0.2, 0.25) is 5.91 Å². The zero-order chi connectivity index (χ0) is 16.2. The van der Waals surface area contributed by atoms with Crippen LogP contribution in [0.1, 0.15) is 36.4 Å². The number of carbonyl (C=O) groups excluding carboxylic acids is 1. The Morgan fingerprint density at radius 1 is 1.04 bits per heavy atom. The summed E-state index contributed by atoms with van der Waals surface area (Å²) in [5, 5.41) is 3.11. The maximum Gasteiger partial charge on any atom is 0.223 e. The van der Waals surface area contributed by atoms with Crippen molar-refractivity contribution in [2.24, 2.45) is 11.7 Å². The summed E-state index contributed by atoms with van der Waals surface area (Å²) in [6.07, 6.45) is 2.46. The van der Waals surface area contributed by atoms with E-state index in [1.807, 2.05) is 30.3 Å². The first-order valence-electron chi connectivity index (χ1n) is 8.00. The molecular weight excluding hydrogens is 291 g/mol. The second-order valence-corrected chi connectivity index (χ2v) is 6.17. The van der Waals surface area contributed by atoms with Crippen molar-refractivity contribution in [1.82, 2.24) is 5.32 Å². The molecule has 0 aromatic heterocycles. The molecule has 3 N–H and O–H groups in total. The Bertz CT molecular complexity index is 657. The van der Waals surface area contributed by atoms with Crippen LogP contribution in [0.15, 0.2) is 54.6 Å². The molecule has 2 aromatic carbocycles.